The number of nitrogens with one attached hydrogen (secondary N) is 2. The van der Waals surface area contributed by atoms with Crippen molar-refractivity contribution in [1.82, 2.24) is 14.8 Å². The quantitative estimate of drug-likeness (QED) is 0.463. The Hall–Kier alpha value is -3.65. The van der Waals surface area contributed by atoms with E-state index in [9.17, 15) is 9.59 Å². The summed E-state index contributed by atoms with van der Waals surface area (Å²) >= 11 is 1.46. The van der Waals surface area contributed by atoms with Gasteiger partial charge < -0.3 is 5.32 Å². The van der Waals surface area contributed by atoms with Crippen molar-refractivity contribution in [3.8, 4) is 0 Å². The maximum absolute atomic E-state index is 13.0. The molecular weight excluding hydrogens is 410 g/mol. The monoisotopic (exact) mass is 429 g/mol. The first kappa shape index (κ1) is 19.3. The molecule has 2 heterocycles. The lowest BCUT2D eigenvalue weighted by atomic mass is 10.1. The fraction of sp³-hybridized carbons (Fsp3) is 0.130. The number of aromatic nitrogens is 3. The second-order valence-electron chi connectivity index (χ2n) is 7.26. The number of fused-ring (bicyclic) bond motifs is 2. The maximum atomic E-state index is 13.0. The molecule has 154 valence electrons. The lowest BCUT2D eigenvalue weighted by molar-refractivity contribution is -0.125. The Morgan fingerprint density at radius 3 is 2.68 bits per heavy atom. The van der Waals surface area contributed by atoms with E-state index < -0.39 is 6.04 Å². The second kappa shape index (κ2) is 8.23. The molecule has 8 heteroatoms. The molecule has 4 aromatic rings. The summed E-state index contributed by atoms with van der Waals surface area (Å²) in [6.45, 7) is 0. The van der Waals surface area contributed by atoms with Crippen molar-refractivity contribution in [2.24, 2.45) is 0 Å². The van der Waals surface area contributed by atoms with E-state index in [4.69, 9.17) is 0 Å². The normalized spacial score (nSPS) is 15.4. The van der Waals surface area contributed by atoms with E-state index in [0.29, 0.717) is 22.5 Å². The van der Waals surface area contributed by atoms with Crippen molar-refractivity contribution in [1.29, 1.82) is 0 Å². The van der Waals surface area contributed by atoms with E-state index in [1.807, 2.05) is 72.8 Å². The van der Waals surface area contributed by atoms with Gasteiger partial charge in [-0.1, -0.05) is 72.4 Å². The van der Waals surface area contributed by atoms with Crippen LogP contribution in [-0.4, -0.2) is 26.6 Å². The first-order chi connectivity index (χ1) is 15.2. The molecule has 7 nitrogen and oxygen atoms in total. The predicted molar refractivity (Wildman–Crippen MR) is 121 cm³/mol. The molecule has 0 saturated carbocycles. The van der Waals surface area contributed by atoms with Crippen molar-refractivity contribution in [3.05, 3.63) is 78.4 Å². The third kappa shape index (κ3) is 4.15. The maximum Gasteiger partial charge on any atom is 0.249 e. The number of nitrogens with zero attached hydrogens (tertiary/aromatic N) is 3. The van der Waals surface area contributed by atoms with Crippen LogP contribution in [-0.2, 0) is 15.3 Å². The Morgan fingerprint density at radius 2 is 1.84 bits per heavy atom. The second-order valence-corrected chi connectivity index (χ2v) is 8.20. The van der Waals surface area contributed by atoms with Gasteiger partial charge in [-0.2, -0.15) is 4.98 Å². The van der Waals surface area contributed by atoms with Gasteiger partial charge in [0.25, 0.3) is 0 Å². The van der Waals surface area contributed by atoms with Crippen LogP contribution in [0.1, 0.15) is 18.0 Å². The first-order valence-electron chi connectivity index (χ1n) is 9.88. The molecule has 0 bridgehead atoms. The molecule has 1 atom stereocenters. The first-order valence-corrected chi connectivity index (χ1v) is 10.9. The summed E-state index contributed by atoms with van der Waals surface area (Å²) in [6, 6.07) is 22.9. The minimum Gasteiger partial charge on any atom is -0.324 e. The van der Waals surface area contributed by atoms with E-state index in [1.54, 1.807) is 0 Å². The van der Waals surface area contributed by atoms with Crippen molar-refractivity contribution >= 4 is 46.0 Å². The zero-order valence-electron chi connectivity index (χ0n) is 16.5. The van der Waals surface area contributed by atoms with Crippen LogP contribution < -0.4 is 10.6 Å². The van der Waals surface area contributed by atoms with Gasteiger partial charge in [0.1, 0.15) is 6.04 Å². The third-order valence-electron chi connectivity index (χ3n) is 5.07. The van der Waals surface area contributed by atoms with Gasteiger partial charge in [0, 0.05) is 11.4 Å². The molecular formula is C23H19N5O2S. The molecule has 1 aromatic heterocycles. The molecule has 0 fully saturated rings. The molecule has 2 amide bonds. The molecule has 1 aliphatic heterocycles. The number of thioether (sulfide) groups is 1. The third-order valence-corrected chi connectivity index (χ3v) is 5.98. The van der Waals surface area contributed by atoms with Gasteiger partial charge in [0.15, 0.2) is 0 Å². The molecule has 0 radical (unpaired) electrons. The fourth-order valence-corrected chi connectivity index (χ4v) is 4.31. The molecule has 1 aliphatic rings. The van der Waals surface area contributed by atoms with Crippen molar-refractivity contribution in [3.63, 3.8) is 0 Å². The number of carbonyl (C=O) groups excluding carboxylic acids is 2. The highest BCUT2D eigenvalue weighted by Crippen LogP contribution is 2.29. The average Bonchev–Trinajstić information content (AvgIpc) is 3.20. The summed E-state index contributed by atoms with van der Waals surface area (Å²) in [7, 11) is 0. The van der Waals surface area contributed by atoms with E-state index in [-0.39, 0.29) is 18.2 Å². The Labute approximate surface area is 182 Å². The predicted octanol–water partition coefficient (Wildman–Crippen LogP) is 4.25. The summed E-state index contributed by atoms with van der Waals surface area (Å²) in [5.74, 6) is 0.450. The zero-order valence-corrected chi connectivity index (χ0v) is 17.3. The van der Waals surface area contributed by atoms with E-state index >= 15 is 0 Å². The fourth-order valence-electron chi connectivity index (χ4n) is 3.52. The number of rotatable bonds is 5. The molecule has 2 N–H and O–H groups in total. The molecule has 0 saturated heterocycles. The van der Waals surface area contributed by atoms with Gasteiger partial charge in [0.2, 0.25) is 22.9 Å². The minimum atomic E-state index is -0.756. The van der Waals surface area contributed by atoms with Gasteiger partial charge >= 0.3 is 0 Å². The summed E-state index contributed by atoms with van der Waals surface area (Å²) in [6.07, 6.45) is 0.0125. The van der Waals surface area contributed by atoms with E-state index in [1.165, 1.54) is 16.4 Å². The number of hydrogen-bond donors (Lipinski definition) is 2. The molecule has 0 unspecified atom stereocenters. The van der Waals surface area contributed by atoms with Gasteiger partial charge in [-0.25, -0.2) is 4.68 Å². The highest BCUT2D eigenvalue weighted by molar-refractivity contribution is 7.98. The van der Waals surface area contributed by atoms with Gasteiger partial charge in [0.05, 0.1) is 6.42 Å². The van der Waals surface area contributed by atoms with Crippen LogP contribution in [0.2, 0.25) is 0 Å². The Morgan fingerprint density at radius 1 is 1.06 bits per heavy atom. The van der Waals surface area contributed by atoms with Gasteiger partial charge in [-0.15, -0.1) is 5.10 Å². The topological polar surface area (TPSA) is 88.9 Å². The summed E-state index contributed by atoms with van der Waals surface area (Å²) in [5.41, 5.74) is 1.82. The van der Waals surface area contributed by atoms with Crippen molar-refractivity contribution < 1.29 is 9.59 Å². The van der Waals surface area contributed by atoms with Crippen LogP contribution >= 0.6 is 11.8 Å². The van der Waals surface area contributed by atoms with Crippen molar-refractivity contribution in [2.75, 3.05) is 10.6 Å². The largest absolute Gasteiger partial charge is 0.324 e. The average molecular weight is 430 g/mol. The molecule has 0 aliphatic carbocycles. The summed E-state index contributed by atoms with van der Waals surface area (Å²) in [4.78, 5) is 29.6. The zero-order chi connectivity index (χ0) is 21.2. The van der Waals surface area contributed by atoms with Crippen LogP contribution in [0.25, 0.3) is 10.8 Å². The smallest absolute Gasteiger partial charge is 0.249 e. The molecule has 31 heavy (non-hydrogen) atoms. The number of benzene rings is 3. The number of hydrogen-bond acceptors (Lipinski definition) is 5. The standard InChI is InChI=1S/C23H19N5O2S/c29-20-13-19(21(30)24-18-11-10-16-8-4-5-9-17(16)12-18)28-22(25-20)26-23(27-28)31-14-15-6-2-1-3-7-15/h1-12,19H,13-14H2,(H,24,30)(H,25,26,27,29)/t19-/m0/s1. The minimum absolute atomic E-state index is 0.0125. The highest BCUT2D eigenvalue weighted by atomic mass is 32.2. The van der Waals surface area contributed by atoms with Crippen LogP contribution in [0.4, 0.5) is 11.6 Å². The van der Waals surface area contributed by atoms with Gasteiger partial charge in [-0.3, -0.25) is 14.9 Å². The Balaban J connectivity index is 1.35. The van der Waals surface area contributed by atoms with Gasteiger partial charge in [-0.05, 0) is 28.5 Å². The summed E-state index contributed by atoms with van der Waals surface area (Å²) in [5, 5.41) is 12.8. The Kier molecular flexibility index (Phi) is 5.13. The lowest BCUT2D eigenvalue weighted by Gasteiger charge is -2.22. The van der Waals surface area contributed by atoms with Crippen LogP contribution in [0.5, 0.6) is 0 Å². The molecule has 5 rings (SSSR count). The number of carbonyl (C=O) groups is 2. The SMILES string of the molecule is O=C1C[C@@H](C(=O)Nc2ccc3ccccc3c2)n2nc(SCc3ccccc3)nc2N1. The van der Waals surface area contributed by atoms with E-state index in [2.05, 4.69) is 20.7 Å². The summed E-state index contributed by atoms with van der Waals surface area (Å²) < 4.78 is 1.51. The van der Waals surface area contributed by atoms with E-state index in [0.717, 1.165) is 16.3 Å². The molecule has 3 aromatic carbocycles. The van der Waals surface area contributed by atoms with Crippen LogP contribution in [0, 0.1) is 0 Å². The number of amides is 2. The molecule has 0 spiro atoms. The lowest BCUT2D eigenvalue weighted by Crippen LogP contribution is -2.36. The van der Waals surface area contributed by atoms with Crippen molar-refractivity contribution in [2.45, 2.75) is 23.4 Å². The highest BCUT2D eigenvalue weighted by Gasteiger charge is 2.33. The Bertz CT molecular complexity index is 1270. The number of anilines is 2. The van der Waals surface area contributed by atoms with Crippen LogP contribution in [0.15, 0.2) is 78.0 Å². The van der Waals surface area contributed by atoms with Crippen LogP contribution in [0.3, 0.4) is 0 Å².